The minimum absolute atomic E-state index is 0.114. The van der Waals surface area contributed by atoms with Crippen molar-refractivity contribution >= 4 is 7.85 Å². The van der Waals surface area contributed by atoms with Crippen molar-refractivity contribution in [1.82, 2.24) is 0 Å². The van der Waals surface area contributed by atoms with Crippen LogP contribution in [0.25, 0.3) is 22.3 Å². The van der Waals surface area contributed by atoms with Crippen molar-refractivity contribution in [3.8, 4) is 28.0 Å². The molecule has 3 aromatic carbocycles. The maximum atomic E-state index is 14.9. The number of benzene rings is 3. The van der Waals surface area contributed by atoms with Crippen LogP contribution in [-0.2, 0) is 9.47 Å². The first-order valence-corrected chi connectivity index (χ1v) is 11.9. The maximum Gasteiger partial charge on any atom is 0.201 e. The van der Waals surface area contributed by atoms with Crippen LogP contribution in [0.3, 0.4) is 0 Å². The minimum Gasteiger partial charge on any atom is -0.490 e. The van der Waals surface area contributed by atoms with Crippen LogP contribution >= 0.6 is 0 Å². The standard InChI is InChI=1S/C28H28BF3O3/c1-2-3-4-13-33-25-12-11-23(26(31)27(25)32)20-7-5-19(6-8-20)22-10-9-21(14-24(22)30)28-34-16-18(15-29)17-35-28/h2-3,5-12,14,18,28H,4,13,15-17,29H2,1H3/b3-2-. The Labute approximate surface area is 204 Å². The highest BCUT2D eigenvalue weighted by molar-refractivity contribution is 6.08. The molecule has 0 atom stereocenters. The number of hydrogen-bond donors (Lipinski definition) is 0. The zero-order valence-corrected chi connectivity index (χ0v) is 19.9. The van der Waals surface area contributed by atoms with Crippen LogP contribution in [0.4, 0.5) is 13.2 Å². The zero-order chi connectivity index (χ0) is 24.8. The summed E-state index contributed by atoms with van der Waals surface area (Å²) in [5.74, 6) is -2.16. The molecular weight excluding hydrogens is 452 g/mol. The van der Waals surface area contributed by atoms with Gasteiger partial charge in [0.1, 0.15) is 13.7 Å². The predicted molar refractivity (Wildman–Crippen MR) is 134 cm³/mol. The Balaban J connectivity index is 1.49. The predicted octanol–water partition coefficient (Wildman–Crippen LogP) is 6.50. The van der Waals surface area contributed by atoms with E-state index in [0.29, 0.717) is 47.8 Å². The number of halogens is 3. The van der Waals surface area contributed by atoms with Gasteiger partial charge in [-0.1, -0.05) is 54.9 Å². The van der Waals surface area contributed by atoms with Gasteiger partial charge < -0.3 is 14.2 Å². The molecule has 7 heteroatoms. The van der Waals surface area contributed by atoms with E-state index in [1.165, 1.54) is 18.2 Å². The number of ether oxygens (including phenoxy) is 3. The van der Waals surface area contributed by atoms with Crippen molar-refractivity contribution in [3.05, 3.63) is 89.8 Å². The van der Waals surface area contributed by atoms with E-state index in [9.17, 15) is 13.2 Å². The minimum atomic E-state index is -1.02. The van der Waals surface area contributed by atoms with Gasteiger partial charge in [0, 0.05) is 16.7 Å². The van der Waals surface area contributed by atoms with Crippen LogP contribution in [0.15, 0.2) is 66.7 Å². The van der Waals surface area contributed by atoms with E-state index in [0.717, 1.165) is 6.32 Å². The molecule has 35 heavy (non-hydrogen) atoms. The fraction of sp³-hybridized carbons (Fsp3) is 0.286. The largest absolute Gasteiger partial charge is 0.490 e. The molecule has 0 unspecified atom stereocenters. The third-order valence-electron chi connectivity index (χ3n) is 6.14. The smallest absolute Gasteiger partial charge is 0.201 e. The first-order valence-electron chi connectivity index (χ1n) is 11.9. The summed E-state index contributed by atoms with van der Waals surface area (Å²) in [6.45, 7) is 3.32. The van der Waals surface area contributed by atoms with Crippen molar-refractivity contribution in [1.29, 1.82) is 0 Å². The summed E-state index contributed by atoms with van der Waals surface area (Å²) in [7, 11) is 2.08. The maximum absolute atomic E-state index is 14.9. The second-order valence-electron chi connectivity index (χ2n) is 8.53. The summed E-state index contributed by atoms with van der Waals surface area (Å²) in [6, 6.07) is 14.5. The van der Waals surface area contributed by atoms with E-state index in [1.54, 1.807) is 36.4 Å². The summed E-state index contributed by atoms with van der Waals surface area (Å²) in [5, 5.41) is 0. The van der Waals surface area contributed by atoms with Crippen LogP contribution < -0.4 is 4.74 Å². The lowest BCUT2D eigenvalue weighted by atomic mass is 9.92. The lowest BCUT2D eigenvalue weighted by Gasteiger charge is -2.29. The van der Waals surface area contributed by atoms with Crippen LogP contribution in [-0.4, -0.2) is 27.7 Å². The van der Waals surface area contributed by atoms with Crippen molar-refractivity contribution in [3.63, 3.8) is 0 Å². The molecule has 0 aliphatic carbocycles. The summed E-state index contributed by atoms with van der Waals surface area (Å²) < 4.78 is 60.9. The molecule has 3 nitrogen and oxygen atoms in total. The summed E-state index contributed by atoms with van der Waals surface area (Å²) in [5.41, 5.74) is 2.25. The first kappa shape index (κ1) is 25.1. The number of rotatable bonds is 8. The number of allylic oxidation sites excluding steroid dienone is 1. The molecule has 1 aliphatic heterocycles. The molecule has 4 rings (SSSR count). The molecule has 0 spiro atoms. The van der Waals surface area contributed by atoms with E-state index in [2.05, 4.69) is 7.85 Å². The molecule has 0 aromatic heterocycles. The quantitative estimate of drug-likeness (QED) is 0.209. The normalized spacial score (nSPS) is 18.2. The van der Waals surface area contributed by atoms with Crippen LogP contribution in [0.1, 0.15) is 25.2 Å². The highest BCUT2D eigenvalue weighted by atomic mass is 19.2. The van der Waals surface area contributed by atoms with Gasteiger partial charge in [-0.05, 0) is 48.6 Å². The van der Waals surface area contributed by atoms with Gasteiger partial charge in [-0.2, -0.15) is 4.39 Å². The molecule has 0 amide bonds. The first-order chi connectivity index (χ1) is 17.0. The molecule has 1 fully saturated rings. The fourth-order valence-corrected chi connectivity index (χ4v) is 3.98. The zero-order valence-electron chi connectivity index (χ0n) is 19.9. The summed E-state index contributed by atoms with van der Waals surface area (Å²) in [6.07, 6.45) is 4.77. The SMILES string of the molecule is BCC1COC(c2ccc(-c3ccc(-c4ccc(OCC/C=C\C)c(F)c4F)cc3)c(F)c2)OC1. The third-order valence-corrected chi connectivity index (χ3v) is 6.14. The van der Waals surface area contributed by atoms with Gasteiger partial charge in [0.2, 0.25) is 5.82 Å². The lowest BCUT2D eigenvalue weighted by molar-refractivity contribution is -0.202. The molecule has 1 saturated heterocycles. The van der Waals surface area contributed by atoms with E-state index in [4.69, 9.17) is 14.2 Å². The Morgan fingerprint density at radius 3 is 2.20 bits per heavy atom. The topological polar surface area (TPSA) is 27.7 Å². The molecule has 0 saturated carbocycles. The lowest BCUT2D eigenvalue weighted by Crippen LogP contribution is -2.26. The molecule has 0 radical (unpaired) electrons. The number of hydrogen-bond acceptors (Lipinski definition) is 3. The Morgan fingerprint density at radius 1 is 0.914 bits per heavy atom. The summed E-state index contributed by atoms with van der Waals surface area (Å²) in [4.78, 5) is 0. The van der Waals surface area contributed by atoms with Crippen LogP contribution in [0, 0.1) is 23.4 Å². The Morgan fingerprint density at radius 2 is 1.57 bits per heavy atom. The van der Waals surface area contributed by atoms with Gasteiger partial charge in [0.25, 0.3) is 0 Å². The average Bonchev–Trinajstić information content (AvgIpc) is 2.89. The van der Waals surface area contributed by atoms with Gasteiger partial charge in [-0.25, -0.2) is 8.78 Å². The fourth-order valence-electron chi connectivity index (χ4n) is 3.98. The average molecular weight is 480 g/mol. The van der Waals surface area contributed by atoms with Gasteiger partial charge in [0.15, 0.2) is 17.9 Å². The monoisotopic (exact) mass is 480 g/mol. The molecule has 3 aromatic rings. The molecule has 182 valence electrons. The van der Waals surface area contributed by atoms with Crippen molar-refractivity contribution in [2.45, 2.75) is 26.0 Å². The van der Waals surface area contributed by atoms with E-state index in [-0.39, 0.29) is 17.9 Å². The van der Waals surface area contributed by atoms with Gasteiger partial charge in [0.05, 0.1) is 19.8 Å². The van der Waals surface area contributed by atoms with Crippen molar-refractivity contribution < 1.29 is 27.4 Å². The molecule has 1 aliphatic rings. The second-order valence-corrected chi connectivity index (χ2v) is 8.53. The third kappa shape index (κ3) is 5.80. The highest BCUT2D eigenvalue weighted by Gasteiger charge is 2.23. The van der Waals surface area contributed by atoms with Crippen LogP contribution in [0.5, 0.6) is 5.75 Å². The van der Waals surface area contributed by atoms with Gasteiger partial charge in [-0.15, -0.1) is 0 Å². The van der Waals surface area contributed by atoms with Gasteiger partial charge >= 0.3 is 0 Å². The second kappa shape index (κ2) is 11.6. The van der Waals surface area contributed by atoms with E-state index in [1.807, 2.05) is 19.1 Å². The van der Waals surface area contributed by atoms with Gasteiger partial charge in [-0.3, -0.25) is 0 Å². The highest BCUT2D eigenvalue weighted by Crippen LogP contribution is 2.33. The van der Waals surface area contributed by atoms with Crippen LogP contribution in [0.2, 0.25) is 6.32 Å². The summed E-state index contributed by atoms with van der Waals surface area (Å²) >= 11 is 0. The van der Waals surface area contributed by atoms with Crippen molar-refractivity contribution in [2.24, 2.45) is 5.92 Å². The van der Waals surface area contributed by atoms with E-state index < -0.39 is 23.7 Å². The Bertz CT molecular complexity index is 1170. The molecule has 0 N–H and O–H groups in total. The van der Waals surface area contributed by atoms with E-state index >= 15 is 0 Å². The molecule has 0 bridgehead atoms. The van der Waals surface area contributed by atoms with Crippen molar-refractivity contribution in [2.75, 3.05) is 19.8 Å². The molecule has 1 heterocycles. The Hall–Kier alpha value is -3.03. The molecular formula is C28H28BF3O3. The Kier molecular flexibility index (Phi) is 8.31.